The van der Waals surface area contributed by atoms with Crippen molar-refractivity contribution >= 4 is 22.6 Å². The molecular weight excluding hydrogens is 364 g/mol. The van der Waals surface area contributed by atoms with Gasteiger partial charge in [0.1, 0.15) is 5.75 Å². The molecule has 2 amide bonds. The summed E-state index contributed by atoms with van der Waals surface area (Å²) in [5, 5.41) is 8.02. The second-order valence-electron chi connectivity index (χ2n) is 7.00. The number of hydrogen-bond donors (Lipinski definition) is 2. The number of aryl methyl sites for hydroxylation is 1. The van der Waals surface area contributed by atoms with E-state index in [0.717, 1.165) is 21.9 Å². The summed E-state index contributed by atoms with van der Waals surface area (Å²) < 4.78 is 5.73. The van der Waals surface area contributed by atoms with Crippen molar-refractivity contribution in [2.45, 2.75) is 26.8 Å². The Labute approximate surface area is 171 Å². The molecule has 0 radical (unpaired) electrons. The SMILES string of the molecule is CCNC(=O)c1cccc(C)c1OCC(=O)NC(C)c1ccc2ccccc2c1. The normalized spacial score (nSPS) is 11.7. The Hall–Kier alpha value is -3.34. The van der Waals surface area contributed by atoms with Gasteiger partial charge in [0.25, 0.3) is 11.8 Å². The van der Waals surface area contributed by atoms with E-state index in [4.69, 9.17) is 4.74 Å². The Morgan fingerprint density at radius 1 is 1.00 bits per heavy atom. The van der Waals surface area contributed by atoms with E-state index in [1.54, 1.807) is 12.1 Å². The Morgan fingerprint density at radius 3 is 2.52 bits per heavy atom. The van der Waals surface area contributed by atoms with Gasteiger partial charge in [0.2, 0.25) is 0 Å². The zero-order valence-corrected chi connectivity index (χ0v) is 17.0. The van der Waals surface area contributed by atoms with Crippen LogP contribution >= 0.6 is 0 Å². The predicted molar refractivity (Wildman–Crippen MR) is 115 cm³/mol. The number of carbonyl (C=O) groups is 2. The molecule has 2 N–H and O–H groups in total. The smallest absolute Gasteiger partial charge is 0.258 e. The highest BCUT2D eigenvalue weighted by molar-refractivity contribution is 5.97. The molecule has 0 aliphatic carbocycles. The molecule has 3 aromatic carbocycles. The van der Waals surface area contributed by atoms with Crippen LogP contribution in [-0.2, 0) is 4.79 Å². The Balaban J connectivity index is 1.66. The van der Waals surface area contributed by atoms with E-state index < -0.39 is 0 Å². The number of rotatable bonds is 7. The van der Waals surface area contributed by atoms with Gasteiger partial charge in [-0.3, -0.25) is 9.59 Å². The van der Waals surface area contributed by atoms with Gasteiger partial charge in [-0.1, -0.05) is 48.5 Å². The maximum atomic E-state index is 12.4. The summed E-state index contributed by atoms with van der Waals surface area (Å²) in [6, 6.07) is 19.5. The summed E-state index contributed by atoms with van der Waals surface area (Å²) in [5.41, 5.74) is 2.27. The maximum Gasteiger partial charge on any atom is 0.258 e. The van der Waals surface area contributed by atoms with Gasteiger partial charge in [0.05, 0.1) is 11.6 Å². The van der Waals surface area contributed by atoms with E-state index in [0.29, 0.717) is 17.9 Å². The van der Waals surface area contributed by atoms with E-state index in [-0.39, 0.29) is 24.5 Å². The van der Waals surface area contributed by atoms with Crippen molar-refractivity contribution in [3.05, 3.63) is 77.4 Å². The van der Waals surface area contributed by atoms with Gasteiger partial charge in [-0.25, -0.2) is 0 Å². The summed E-state index contributed by atoms with van der Waals surface area (Å²) >= 11 is 0. The monoisotopic (exact) mass is 390 g/mol. The Morgan fingerprint density at radius 2 is 1.76 bits per heavy atom. The van der Waals surface area contributed by atoms with Crippen molar-refractivity contribution < 1.29 is 14.3 Å². The Bertz CT molecular complexity index is 1030. The molecule has 150 valence electrons. The molecule has 0 fully saturated rings. The summed E-state index contributed by atoms with van der Waals surface area (Å²) in [7, 11) is 0. The third-order valence-electron chi connectivity index (χ3n) is 4.79. The topological polar surface area (TPSA) is 67.4 Å². The van der Waals surface area contributed by atoms with Crippen molar-refractivity contribution in [2.75, 3.05) is 13.2 Å². The number of benzene rings is 3. The average molecular weight is 390 g/mol. The molecule has 0 aliphatic rings. The fourth-order valence-corrected chi connectivity index (χ4v) is 3.26. The van der Waals surface area contributed by atoms with Gasteiger partial charge in [0, 0.05) is 6.54 Å². The van der Waals surface area contributed by atoms with Crippen LogP contribution in [-0.4, -0.2) is 25.0 Å². The van der Waals surface area contributed by atoms with Crippen LogP contribution in [0.4, 0.5) is 0 Å². The van der Waals surface area contributed by atoms with E-state index in [1.165, 1.54) is 0 Å². The molecule has 0 bridgehead atoms. The molecule has 1 unspecified atom stereocenters. The van der Waals surface area contributed by atoms with Gasteiger partial charge in [-0.05, 0) is 54.8 Å². The van der Waals surface area contributed by atoms with E-state index in [2.05, 4.69) is 34.9 Å². The van der Waals surface area contributed by atoms with E-state index in [9.17, 15) is 9.59 Å². The van der Waals surface area contributed by atoms with Crippen molar-refractivity contribution in [3.63, 3.8) is 0 Å². The molecule has 0 spiro atoms. The number of hydrogen-bond acceptors (Lipinski definition) is 3. The molecule has 0 aliphatic heterocycles. The molecule has 3 rings (SSSR count). The summed E-state index contributed by atoms with van der Waals surface area (Å²) in [4.78, 5) is 24.7. The summed E-state index contributed by atoms with van der Waals surface area (Å²) in [6.45, 7) is 6.02. The number of ether oxygens (including phenoxy) is 1. The minimum atomic E-state index is -0.240. The van der Waals surface area contributed by atoms with Gasteiger partial charge in [0.15, 0.2) is 6.61 Å². The lowest BCUT2D eigenvalue weighted by molar-refractivity contribution is -0.123. The number of amides is 2. The lowest BCUT2D eigenvalue weighted by Gasteiger charge is -2.17. The summed E-state index contributed by atoms with van der Waals surface area (Å²) in [5.74, 6) is -0.0149. The minimum Gasteiger partial charge on any atom is -0.483 e. The van der Waals surface area contributed by atoms with Gasteiger partial charge < -0.3 is 15.4 Å². The molecule has 29 heavy (non-hydrogen) atoms. The number of nitrogens with one attached hydrogen (secondary N) is 2. The van der Waals surface area contributed by atoms with Crippen molar-refractivity contribution in [1.29, 1.82) is 0 Å². The highest BCUT2D eigenvalue weighted by Crippen LogP contribution is 2.24. The van der Waals surface area contributed by atoms with E-state index >= 15 is 0 Å². The lowest BCUT2D eigenvalue weighted by atomic mass is 10.0. The molecule has 0 aromatic heterocycles. The van der Waals surface area contributed by atoms with E-state index in [1.807, 2.05) is 45.0 Å². The molecule has 5 heteroatoms. The zero-order valence-electron chi connectivity index (χ0n) is 17.0. The third-order valence-corrected chi connectivity index (χ3v) is 4.79. The first-order valence-corrected chi connectivity index (χ1v) is 9.78. The molecule has 0 saturated heterocycles. The molecule has 0 heterocycles. The maximum absolute atomic E-state index is 12.4. The van der Waals surface area contributed by atoms with Gasteiger partial charge >= 0.3 is 0 Å². The van der Waals surface area contributed by atoms with Gasteiger partial charge in [-0.2, -0.15) is 0 Å². The van der Waals surface area contributed by atoms with Crippen molar-refractivity contribution in [1.82, 2.24) is 10.6 Å². The van der Waals surface area contributed by atoms with Crippen LogP contribution in [0.3, 0.4) is 0 Å². The highest BCUT2D eigenvalue weighted by atomic mass is 16.5. The number of carbonyl (C=O) groups excluding carboxylic acids is 2. The second-order valence-corrected chi connectivity index (χ2v) is 7.00. The van der Waals surface area contributed by atoms with Crippen LogP contribution < -0.4 is 15.4 Å². The average Bonchev–Trinajstić information content (AvgIpc) is 2.72. The lowest BCUT2D eigenvalue weighted by Crippen LogP contribution is -2.32. The first-order valence-electron chi connectivity index (χ1n) is 9.78. The van der Waals surface area contributed by atoms with Crippen molar-refractivity contribution in [2.24, 2.45) is 0 Å². The standard InChI is InChI=1S/C24H26N2O3/c1-4-25-24(28)21-11-7-8-16(2)23(21)29-15-22(27)26-17(3)19-13-12-18-9-5-6-10-20(18)14-19/h5-14,17H,4,15H2,1-3H3,(H,25,28)(H,26,27). The molecule has 5 nitrogen and oxygen atoms in total. The fourth-order valence-electron chi connectivity index (χ4n) is 3.26. The van der Waals surface area contributed by atoms with Crippen LogP contribution in [0.2, 0.25) is 0 Å². The fraction of sp³-hybridized carbons (Fsp3) is 0.250. The van der Waals surface area contributed by atoms with Gasteiger partial charge in [-0.15, -0.1) is 0 Å². The molecule has 3 aromatic rings. The predicted octanol–water partition coefficient (Wildman–Crippen LogP) is 4.15. The molecular formula is C24H26N2O3. The summed E-state index contributed by atoms with van der Waals surface area (Å²) in [6.07, 6.45) is 0. The second kappa shape index (κ2) is 9.24. The number of para-hydroxylation sites is 1. The third kappa shape index (κ3) is 4.93. The largest absolute Gasteiger partial charge is 0.483 e. The van der Waals surface area contributed by atoms with Crippen LogP contribution in [0, 0.1) is 6.92 Å². The first-order chi connectivity index (χ1) is 14.0. The quantitative estimate of drug-likeness (QED) is 0.637. The highest BCUT2D eigenvalue weighted by Gasteiger charge is 2.16. The molecule has 1 atom stereocenters. The zero-order chi connectivity index (χ0) is 20.8. The van der Waals surface area contributed by atoms with Crippen molar-refractivity contribution in [3.8, 4) is 5.75 Å². The number of fused-ring (bicyclic) bond motifs is 1. The first kappa shape index (κ1) is 20.4. The van der Waals surface area contributed by atoms with Crippen LogP contribution in [0.25, 0.3) is 10.8 Å². The van der Waals surface area contributed by atoms with Crippen LogP contribution in [0.5, 0.6) is 5.75 Å². The Kier molecular flexibility index (Phi) is 6.50. The molecule has 0 saturated carbocycles. The van der Waals surface area contributed by atoms with Crippen LogP contribution in [0.15, 0.2) is 60.7 Å². The van der Waals surface area contributed by atoms with Crippen LogP contribution in [0.1, 0.15) is 41.4 Å². The minimum absolute atomic E-state index is 0.157.